The molecule has 0 N–H and O–H groups in total. The Labute approximate surface area is 599 Å². The van der Waals surface area contributed by atoms with Gasteiger partial charge >= 0.3 is 0 Å². The van der Waals surface area contributed by atoms with Gasteiger partial charge in [0.25, 0.3) is 0 Å². The van der Waals surface area contributed by atoms with Crippen molar-refractivity contribution in [2.24, 2.45) is 0 Å². The molecule has 6 heterocycles. The summed E-state index contributed by atoms with van der Waals surface area (Å²) in [5.74, 6) is 4.30. The third-order valence-electron chi connectivity index (χ3n) is 19.0. The molecule has 0 aliphatic carbocycles. The van der Waals surface area contributed by atoms with Gasteiger partial charge in [-0.2, -0.15) is 0 Å². The molecule has 0 amide bonds. The second kappa shape index (κ2) is 28.6. The van der Waals surface area contributed by atoms with Crippen LogP contribution in [0.2, 0.25) is 0 Å². The normalized spacial score (nSPS) is 13.2. The van der Waals surface area contributed by atoms with Crippen LogP contribution in [-0.4, -0.2) is 40.6 Å². The number of nitrogens with zero attached hydrogens (tertiary/aromatic N) is 10. The van der Waals surface area contributed by atoms with Crippen molar-refractivity contribution in [1.29, 1.82) is 0 Å². The molecule has 0 unspecified atom stereocenters. The van der Waals surface area contributed by atoms with E-state index in [9.17, 15) is 0 Å². The largest absolute Gasteiger partial charge is 0.366 e. The van der Waals surface area contributed by atoms with E-state index in [-0.39, 0.29) is 44.8 Å². The Hall–Kier alpha value is -8.06. The first-order valence-corrected chi connectivity index (χ1v) is 34.2. The molecular formula is C84H90Au2N10-2. The Morgan fingerprint density at radius 3 is 0.906 bits per heavy atom. The summed E-state index contributed by atoms with van der Waals surface area (Å²) in [4.78, 5) is 22.9. The van der Waals surface area contributed by atoms with Crippen molar-refractivity contribution in [2.45, 2.75) is 171 Å². The molecule has 2 aliphatic rings. The fourth-order valence-electron chi connectivity index (χ4n) is 14.2. The molecule has 96 heavy (non-hydrogen) atoms. The quantitative estimate of drug-likeness (QED) is 0.0689. The van der Waals surface area contributed by atoms with Gasteiger partial charge in [-0.1, -0.05) is 293 Å². The van der Waals surface area contributed by atoms with E-state index in [0.29, 0.717) is 47.3 Å². The minimum atomic E-state index is 0. The molecule has 0 atom stereocenters. The molecule has 2 aliphatic heterocycles. The van der Waals surface area contributed by atoms with Crippen LogP contribution in [0.15, 0.2) is 182 Å². The maximum absolute atomic E-state index is 4.50. The van der Waals surface area contributed by atoms with Crippen molar-refractivity contribution in [1.82, 2.24) is 28.7 Å². The summed E-state index contributed by atoms with van der Waals surface area (Å²) in [5, 5.41) is 0. The van der Waals surface area contributed by atoms with E-state index in [1.54, 1.807) is 0 Å². The number of imidazole rings is 4. The number of hydrogen-bond acceptors (Lipinski definition) is 4. The fourth-order valence-corrected chi connectivity index (χ4v) is 14.2. The zero-order valence-corrected chi connectivity index (χ0v) is 62.8. The summed E-state index contributed by atoms with van der Waals surface area (Å²) in [6.45, 7) is 38.8. The minimum Gasteiger partial charge on any atom is -0.366 e. The number of para-hydroxylation sites is 12. The van der Waals surface area contributed by atoms with Gasteiger partial charge in [-0.05, 0) is 103 Å². The Morgan fingerprint density at radius 2 is 0.604 bits per heavy atom. The maximum Gasteiger partial charge on any atom is 0.245 e. The first-order valence-electron chi connectivity index (χ1n) is 34.2. The van der Waals surface area contributed by atoms with Crippen molar-refractivity contribution in [3.8, 4) is 0 Å². The SMILES string of the molecule is CC(C)c1cccc(C(C)C)c1N1[C-]=[N+](c2c(C(C)C)cccc2C(C)C)Cc2cc3c(cc21)C[N+](c1c(C(C)C)cccc1C(C)C)=[C-]N3c1c(C(C)C)cccc1C(C)C.[Au].[Au].c1ccc2c(c1)nc1[n-]c3ccccc3n12.c1ccc2c(c1)nc1[n-]c3ccccc3n12. The fraction of sp³-hybridized carbons (Fsp3) is 0.310. The number of hydrogen-bond donors (Lipinski definition) is 0. The number of aromatic nitrogens is 6. The van der Waals surface area contributed by atoms with E-state index < -0.39 is 0 Å². The molecule has 10 nitrogen and oxygen atoms in total. The molecule has 0 fully saturated rings. The van der Waals surface area contributed by atoms with Crippen LogP contribution in [0.1, 0.15) is 214 Å². The monoisotopic (exact) mass is 1630 g/mol. The summed E-state index contributed by atoms with van der Waals surface area (Å²) in [6, 6.07) is 65.2. The van der Waals surface area contributed by atoms with Crippen molar-refractivity contribution in [3.63, 3.8) is 0 Å². The van der Waals surface area contributed by atoms with Gasteiger partial charge < -0.3 is 47.7 Å². The van der Waals surface area contributed by atoms with Crippen LogP contribution in [0.25, 0.3) is 55.7 Å². The van der Waals surface area contributed by atoms with Gasteiger partial charge in [0, 0.05) is 100 Å². The first-order chi connectivity index (χ1) is 45.3. The van der Waals surface area contributed by atoms with E-state index in [4.69, 9.17) is 0 Å². The molecule has 500 valence electrons. The average molecular weight is 1630 g/mol. The van der Waals surface area contributed by atoms with Crippen LogP contribution in [-0.2, 0) is 57.9 Å². The van der Waals surface area contributed by atoms with Gasteiger partial charge in [0.05, 0.1) is 47.2 Å². The van der Waals surface area contributed by atoms with E-state index in [0.717, 1.165) is 68.8 Å². The molecule has 9 aromatic carbocycles. The first kappa shape index (κ1) is 69.3. The van der Waals surface area contributed by atoms with Crippen LogP contribution >= 0.6 is 0 Å². The predicted octanol–water partition coefficient (Wildman–Crippen LogP) is 21.7. The maximum atomic E-state index is 4.50. The molecule has 0 saturated carbocycles. The third-order valence-corrected chi connectivity index (χ3v) is 19.0. The second-order valence-electron chi connectivity index (χ2n) is 28.2. The topological polar surface area (TPSA) is 75.3 Å². The second-order valence-corrected chi connectivity index (χ2v) is 28.2. The molecule has 0 bridgehead atoms. The summed E-state index contributed by atoms with van der Waals surface area (Å²) in [5.41, 5.74) is 29.4. The van der Waals surface area contributed by atoms with E-state index >= 15 is 0 Å². The summed E-state index contributed by atoms with van der Waals surface area (Å²) >= 11 is 0. The van der Waals surface area contributed by atoms with Crippen LogP contribution in [0, 0.1) is 0 Å². The van der Waals surface area contributed by atoms with E-state index in [1.165, 1.54) is 89.8 Å². The zero-order valence-electron chi connectivity index (χ0n) is 58.4. The Balaban J connectivity index is 0.000000219. The van der Waals surface area contributed by atoms with Crippen LogP contribution in [0.5, 0.6) is 0 Å². The molecule has 12 heteroatoms. The molecule has 4 aromatic heterocycles. The van der Waals surface area contributed by atoms with Gasteiger partial charge in [-0.15, -0.1) is 0 Å². The molecule has 13 aromatic rings. The molecular weight excluding hydrogens is 1540 g/mol. The van der Waals surface area contributed by atoms with E-state index in [2.05, 4.69) is 280 Å². The Bertz CT molecular complexity index is 4490. The summed E-state index contributed by atoms with van der Waals surface area (Å²) in [6.07, 6.45) is 8.27. The summed E-state index contributed by atoms with van der Waals surface area (Å²) in [7, 11) is 0. The predicted molar refractivity (Wildman–Crippen MR) is 394 cm³/mol. The number of fused-ring (bicyclic) bond motifs is 12. The van der Waals surface area contributed by atoms with Crippen LogP contribution in [0.3, 0.4) is 0 Å². The molecule has 15 rings (SSSR count). The average Bonchev–Trinajstić information content (AvgIpc) is 0.995. The van der Waals surface area contributed by atoms with Crippen LogP contribution in [0.4, 0.5) is 34.1 Å². The third kappa shape index (κ3) is 12.8. The van der Waals surface area contributed by atoms with Crippen molar-refractivity contribution in [2.75, 3.05) is 9.80 Å². The Morgan fingerprint density at radius 1 is 0.333 bits per heavy atom. The minimum absolute atomic E-state index is 0. The summed E-state index contributed by atoms with van der Waals surface area (Å²) < 4.78 is 9.13. The van der Waals surface area contributed by atoms with Gasteiger partial charge in [0.15, 0.2) is 0 Å². The van der Waals surface area contributed by atoms with Crippen molar-refractivity contribution >= 4 is 102 Å². The van der Waals surface area contributed by atoms with Gasteiger partial charge in [0.1, 0.15) is 0 Å². The number of rotatable bonds is 12. The Kier molecular flexibility index (Phi) is 20.6. The molecule has 0 spiro atoms. The molecule has 2 radical (unpaired) electrons. The smallest absolute Gasteiger partial charge is 0.245 e. The standard InChI is InChI=1S/C58H74N4.2C13H8N3.2Au/c1-35(2)45-21-17-22-46(36(3)4)55(45)59-31-43-29-54-44(30-53(43)61(33-59)57-49(39(9)10)25-19-26-50(57)40(11)12)32-60(56-47(37(5)6)23-18-24-48(56)38(7)8)34-62(54)58-51(41(13)14)27-20-28-52(58)42(15)16;2*1-3-7-11-9(5-1)14-13-15-10-6-2-4-8-12(10)16(11)13;;/h17-30,35-42H,31-32H2,1-16H3;2*1-8H;;/q;2*-1;;. The van der Waals surface area contributed by atoms with Gasteiger partial charge in [-0.25, -0.2) is 0 Å². The van der Waals surface area contributed by atoms with Gasteiger partial charge in [0.2, 0.25) is 12.7 Å². The van der Waals surface area contributed by atoms with Crippen LogP contribution < -0.4 is 19.8 Å². The number of anilines is 4. The number of benzene rings is 9. The van der Waals surface area contributed by atoms with Gasteiger partial charge in [-0.3, -0.25) is 0 Å². The zero-order chi connectivity index (χ0) is 66.0. The van der Waals surface area contributed by atoms with Crippen molar-refractivity contribution in [3.05, 3.63) is 238 Å². The van der Waals surface area contributed by atoms with E-state index in [1.807, 2.05) is 72.8 Å². The molecule has 0 saturated heterocycles. The van der Waals surface area contributed by atoms with Crippen molar-refractivity contribution < 1.29 is 53.9 Å².